The second-order valence-electron chi connectivity index (χ2n) is 3.76. The van der Waals surface area contributed by atoms with Gasteiger partial charge in [0.05, 0.1) is 6.54 Å². The molecule has 0 fully saturated rings. The average molecular weight is 314 g/mol. The molecule has 2 aromatic heterocycles. The Hall–Kier alpha value is -1.83. The number of furan rings is 1. The highest BCUT2D eigenvalue weighted by Gasteiger charge is 2.12. The number of nitrogens with zero attached hydrogens (tertiary/aromatic N) is 4. The van der Waals surface area contributed by atoms with Crippen LogP contribution in [-0.4, -0.2) is 32.6 Å². The van der Waals surface area contributed by atoms with Crippen LogP contribution < -0.4 is 5.73 Å². The molecule has 0 aliphatic carbocycles. The van der Waals surface area contributed by atoms with E-state index in [0.29, 0.717) is 17.0 Å². The maximum absolute atomic E-state index is 11.9. The lowest BCUT2D eigenvalue weighted by molar-refractivity contribution is -0.131. The highest BCUT2D eigenvalue weighted by Crippen LogP contribution is 2.15. The summed E-state index contributed by atoms with van der Waals surface area (Å²) in [7, 11) is 1.69. The molecule has 0 aliphatic rings. The largest absolute Gasteiger partial charge is 0.452 e. The predicted octanol–water partition coefficient (Wildman–Crippen LogP) is 0.874. The van der Waals surface area contributed by atoms with Crippen molar-refractivity contribution in [1.82, 2.24) is 19.7 Å². The van der Waals surface area contributed by atoms with Gasteiger partial charge in [-0.15, -0.1) is 5.10 Å². The van der Waals surface area contributed by atoms with Crippen molar-refractivity contribution in [2.75, 3.05) is 12.8 Å². The maximum atomic E-state index is 11.9. The van der Waals surface area contributed by atoms with E-state index in [-0.39, 0.29) is 18.4 Å². The maximum Gasteiger partial charge on any atom is 0.244 e. The molecule has 0 saturated carbocycles. The molecule has 7 nitrogen and oxygen atoms in total. The van der Waals surface area contributed by atoms with Gasteiger partial charge in [0.25, 0.3) is 0 Å². The Balaban J connectivity index is 1.92. The summed E-state index contributed by atoms with van der Waals surface area (Å²) >= 11 is 3.21. The molecular weight excluding hydrogens is 302 g/mol. The standard InChI is InChI=1S/C10H12BrN5O2/c1-15(4-7-2-3-8(11)18-7)9(17)5-16-6-13-10(12)14-16/h2-3,6H,4-5H2,1H3,(H2,12,14). The number of hydrogen-bond acceptors (Lipinski definition) is 5. The predicted molar refractivity (Wildman–Crippen MR) is 67.3 cm³/mol. The molecule has 0 aliphatic heterocycles. The van der Waals surface area contributed by atoms with E-state index in [2.05, 4.69) is 26.0 Å². The smallest absolute Gasteiger partial charge is 0.244 e. The molecule has 96 valence electrons. The number of amides is 1. The Morgan fingerprint density at radius 2 is 2.39 bits per heavy atom. The lowest BCUT2D eigenvalue weighted by Crippen LogP contribution is -2.29. The van der Waals surface area contributed by atoms with Gasteiger partial charge in [-0.2, -0.15) is 0 Å². The zero-order chi connectivity index (χ0) is 13.1. The summed E-state index contributed by atoms with van der Waals surface area (Å²) in [6.07, 6.45) is 1.42. The molecule has 2 rings (SSSR count). The number of carbonyl (C=O) groups excluding carboxylic acids is 1. The van der Waals surface area contributed by atoms with Crippen molar-refractivity contribution in [2.24, 2.45) is 0 Å². The molecule has 0 spiro atoms. The van der Waals surface area contributed by atoms with Gasteiger partial charge in [-0.05, 0) is 28.1 Å². The van der Waals surface area contributed by atoms with E-state index in [4.69, 9.17) is 10.2 Å². The summed E-state index contributed by atoms with van der Waals surface area (Å²) in [5.41, 5.74) is 5.37. The van der Waals surface area contributed by atoms with Gasteiger partial charge in [0.2, 0.25) is 11.9 Å². The Labute approximate surface area is 112 Å². The van der Waals surface area contributed by atoms with Crippen LogP contribution in [-0.2, 0) is 17.9 Å². The highest BCUT2D eigenvalue weighted by atomic mass is 79.9. The van der Waals surface area contributed by atoms with Gasteiger partial charge in [-0.25, -0.2) is 9.67 Å². The van der Waals surface area contributed by atoms with E-state index in [1.54, 1.807) is 24.1 Å². The van der Waals surface area contributed by atoms with Crippen molar-refractivity contribution in [3.63, 3.8) is 0 Å². The van der Waals surface area contributed by atoms with Gasteiger partial charge in [-0.3, -0.25) is 4.79 Å². The monoisotopic (exact) mass is 313 g/mol. The Morgan fingerprint density at radius 3 is 2.94 bits per heavy atom. The van der Waals surface area contributed by atoms with Crippen molar-refractivity contribution < 1.29 is 9.21 Å². The number of nitrogens with two attached hydrogens (primary N) is 1. The summed E-state index contributed by atoms with van der Waals surface area (Å²) in [5.74, 6) is 0.753. The fourth-order valence-corrected chi connectivity index (χ4v) is 1.74. The van der Waals surface area contributed by atoms with Crippen LogP contribution in [0, 0.1) is 0 Å². The Morgan fingerprint density at radius 1 is 1.61 bits per heavy atom. The zero-order valence-corrected chi connectivity index (χ0v) is 11.3. The van der Waals surface area contributed by atoms with Crippen LogP contribution in [0.25, 0.3) is 0 Å². The first kappa shape index (κ1) is 12.6. The molecule has 18 heavy (non-hydrogen) atoms. The molecular formula is C10H12BrN5O2. The van der Waals surface area contributed by atoms with Crippen molar-refractivity contribution >= 4 is 27.8 Å². The third-order valence-electron chi connectivity index (χ3n) is 2.30. The van der Waals surface area contributed by atoms with Crippen LogP contribution >= 0.6 is 15.9 Å². The third kappa shape index (κ3) is 3.10. The minimum absolute atomic E-state index is 0.0998. The van der Waals surface area contributed by atoms with E-state index in [1.165, 1.54) is 11.0 Å². The van der Waals surface area contributed by atoms with Crippen LogP contribution in [0.4, 0.5) is 5.95 Å². The minimum Gasteiger partial charge on any atom is -0.452 e. The highest BCUT2D eigenvalue weighted by molar-refractivity contribution is 9.10. The molecule has 0 saturated heterocycles. The molecule has 0 radical (unpaired) electrons. The lowest BCUT2D eigenvalue weighted by Gasteiger charge is -2.15. The van der Waals surface area contributed by atoms with Crippen LogP contribution in [0.15, 0.2) is 27.5 Å². The number of aromatic nitrogens is 3. The number of halogens is 1. The van der Waals surface area contributed by atoms with E-state index in [1.807, 2.05) is 0 Å². The number of nitrogen functional groups attached to an aromatic ring is 1. The molecule has 2 heterocycles. The first-order valence-corrected chi connectivity index (χ1v) is 5.97. The van der Waals surface area contributed by atoms with Gasteiger partial charge in [-0.1, -0.05) is 0 Å². The first-order valence-electron chi connectivity index (χ1n) is 5.17. The van der Waals surface area contributed by atoms with Crippen LogP contribution in [0.2, 0.25) is 0 Å². The van der Waals surface area contributed by atoms with Crippen molar-refractivity contribution in [2.45, 2.75) is 13.1 Å². The molecule has 0 aromatic carbocycles. The molecule has 8 heteroatoms. The molecule has 2 aromatic rings. The summed E-state index contributed by atoms with van der Waals surface area (Å²) in [5, 5.41) is 3.85. The molecule has 0 bridgehead atoms. The molecule has 1 amide bonds. The van der Waals surface area contributed by atoms with E-state index in [9.17, 15) is 4.79 Å². The summed E-state index contributed by atoms with van der Waals surface area (Å²) in [6.45, 7) is 0.497. The second-order valence-corrected chi connectivity index (χ2v) is 4.54. The zero-order valence-electron chi connectivity index (χ0n) is 9.71. The van der Waals surface area contributed by atoms with Gasteiger partial charge in [0.1, 0.15) is 18.6 Å². The van der Waals surface area contributed by atoms with Crippen LogP contribution in [0.3, 0.4) is 0 Å². The minimum atomic E-state index is -0.104. The molecule has 0 atom stereocenters. The number of likely N-dealkylation sites (N-methyl/N-ethyl adjacent to an activating group) is 1. The first-order chi connectivity index (χ1) is 8.54. The number of hydrogen-bond donors (Lipinski definition) is 1. The lowest BCUT2D eigenvalue weighted by atomic mass is 10.4. The molecule has 0 unspecified atom stereocenters. The van der Waals surface area contributed by atoms with Gasteiger partial charge < -0.3 is 15.1 Å². The fourth-order valence-electron chi connectivity index (χ4n) is 1.40. The summed E-state index contributed by atoms with van der Waals surface area (Å²) in [4.78, 5) is 17.2. The van der Waals surface area contributed by atoms with E-state index in [0.717, 1.165) is 0 Å². The van der Waals surface area contributed by atoms with E-state index < -0.39 is 0 Å². The van der Waals surface area contributed by atoms with Crippen LogP contribution in [0.5, 0.6) is 0 Å². The normalized spacial score (nSPS) is 10.6. The van der Waals surface area contributed by atoms with Crippen molar-refractivity contribution in [3.05, 3.63) is 28.9 Å². The van der Waals surface area contributed by atoms with Gasteiger partial charge in [0.15, 0.2) is 4.67 Å². The van der Waals surface area contributed by atoms with Crippen LogP contribution in [0.1, 0.15) is 5.76 Å². The van der Waals surface area contributed by atoms with Gasteiger partial charge >= 0.3 is 0 Å². The number of carbonyl (C=O) groups is 1. The van der Waals surface area contributed by atoms with E-state index >= 15 is 0 Å². The second kappa shape index (κ2) is 5.21. The number of rotatable bonds is 4. The quantitative estimate of drug-likeness (QED) is 0.904. The fraction of sp³-hybridized carbons (Fsp3) is 0.300. The number of anilines is 1. The average Bonchev–Trinajstić information content (AvgIpc) is 2.88. The summed E-state index contributed by atoms with van der Waals surface area (Å²) < 4.78 is 7.36. The third-order valence-corrected chi connectivity index (χ3v) is 2.73. The van der Waals surface area contributed by atoms with Gasteiger partial charge in [0, 0.05) is 7.05 Å². The van der Waals surface area contributed by atoms with Crippen molar-refractivity contribution in [3.8, 4) is 0 Å². The molecule has 2 N–H and O–H groups in total. The Kier molecular flexibility index (Phi) is 3.66. The Bertz CT molecular complexity index is 550. The summed E-state index contributed by atoms with van der Waals surface area (Å²) in [6, 6.07) is 3.59. The SMILES string of the molecule is CN(Cc1ccc(Br)o1)C(=O)Cn1cnc(N)n1. The van der Waals surface area contributed by atoms with Crippen molar-refractivity contribution in [1.29, 1.82) is 0 Å². The topological polar surface area (TPSA) is 90.2 Å².